The second kappa shape index (κ2) is 8.45. The fourth-order valence-corrected chi connectivity index (χ4v) is 3.88. The predicted octanol–water partition coefficient (Wildman–Crippen LogP) is 3.93. The normalized spacial score (nSPS) is 14.3. The lowest BCUT2D eigenvalue weighted by Gasteiger charge is -2.36. The third kappa shape index (κ3) is 4.32. The standard InChI is InChI=1S/C24H20F3N5O2/c25-24(26,27)20-8-6-16-10-19(32(22(16)30-20)12-15-4-2-1-3-5-15)23(34)29-17-7-9-21(28-11-17)31-13-18(33)14-31/h1-11,18,33H,12-14H2,(H,29,34). The van der Waals surface area contributed by atoms with Gasteiger partial charge < -0.3 is 19.9 Å². The number of hydrogen-bond acceptors (Lipinski definition) is 5. The molecular formula is C24H20F3N5O2. The lowest BCUT2D eigenvalue weighted by Crippen LogP contribution is -2.51. The van der Waals surface area contributed by atoms with Gasteiger partial charge in [0.1, 0.15) is 22.9 Å². The number of nitrogens with one attached hydrogen (secondary N) is 1. The van der Waals surface area contributed by atoms with Crippen LogP contribution in [0.3, 0.4) is 0 Å². The molecule has 1 aliphatic rings. The molecule has 0 radical (unpaired) electrons. The first-order valence-electron chi connectivity index (χ1n) is 10.6. The number of alkyl halides is 3. The van der Waals surface area contributed by atoms with Crippen LogP contribution in [0.15, 0.2) is 66.9 Å². The van der Waals surface area contributed by atoms with Crippen molar-refractivity contribution in [3.05, 3.63) is 83.8 Å². The average Bonchev–Trinajstić information content (AvgIpc) is 3.15. The first kappa shape index (κ1) is 21.9. The Bertz CT molecular complexity index is 1330. The Labute approximate surface area is 192 Å². The van der Waals surface area contributed by atoms with Crippen molar-refractivity contribution < 1.29 is 23.1 Å². The summed E-state index contributed by atoms with van der Waals surface area (Å²) in [6.07, 6.45) is -3.46. The molecule has 2 N–H and O–H groups in total. The average molecular weight is 467 g/mol. The number of anilines is 2. The van der Waals surface area contributed by atoms with Gasteiger partial charge in [0.25, 0.3) is 5.91 Å². The number of fused-ring (bicyclic) bond motifs is 1. The van der Waals surface area contributed by atoms with Gasteiger partial charge in [-0.05, 0) is 35.9 Å². The van der Waals surface area contributed by atoms with Crippen molar-refractivity contribution in [3.8, 4) is 0 Å². The number of rotatable bonds is 5. The second-order valence-corrected chi connectivity index (χ2v) is 8.13. The summed E-state index contributed by atoms with van der Waals surface area (Å²) < 4.78 is 41.4. The summed E-state index contributed by atoms with van der Waals surface area (Å²) in [7, 11) is 0. The number of carbonyl (C=O) groups excluding carboxylic acids is 1. The van der Waals surface area contributed by atoms with Gasteiger partial charge >= 0.3 is 6.18 Å². The molecule has 1 aromatic carbocycles. The Morgan fingerprint density at radius 2 is 1.85 bits per heavy atom. The third-order valence-corrected chi connectivity index (χ3v) is 5.64. The molecule has 0 atom stereocenters. The number of aromatic nitrogens is 3. The Kier molecular flexibility index (Phi) is 5.45. The van der Waals surface area contributed by atoms with Gasteiger partial charge in [0, 0.05) is 25.0 Å². The molecule has 0 bridgehead atoms. The third-order valence-electron chi connectivity index (χ3n) is 5.64. The predicted molar refractivity (Wildman–Crippen MR) is 121 cm³/mol. The highest BCUT2D eigenvalue weighted by atomic mass is 19.4. The summed E-state index contributed by atoms with van der Waals surface area (Å²) in [5.74, 6) is 0.196. The summed E-state index contributed by atoms with van der Waals surface area (Å²) in [5, 5.41) is 12.6. The van der Waals surface area contributed by atoms with E-state index in [1.165, 1.54) is 22.9 Å². The minimum absolute atomic E-state index is 0.0774. The molecule has 4 aromatic rings. The molecule has 10 heteroatoms. The minimum Gasteiger partial charge on any atom is -0.389 e. The summed E-state index contributed by atoms with van der Waals surface area (Å²) in [4.78, 5) is 23.2. The van der Waals surface area contributed by atoms with Gasteiger partial charge in [-0.2, -0.15) is 13.2 Å². The highest BCUT2D eigenvalue weighted by Crippen LogP contribution is 2.30. The summed E-state index contributed by atoms with van der Waals surface area (Å²) >= 11 is 0. The number of aliphatic hydroxyl groups excluding tert-OH is 1. The van der Waals surface area contributed by atoms with Crippen LogP contribution in [0, 0.1) is 0 Å². The van der Waals surface area contributed by atoms with Gasteiger partial charge in [0.2, 0.25) is 0 Å². The Balaban J connectivity index is 1.47. The van der Waals surface area contributed by atoms with E-state index in [-0.39, 0.29) is 24.0 Å². The quantitative estimate of drug-likeness (QED) is 0.465. The Morgan fingerprint density at radius 3 is 2.50 bits per heavy atom. The van der Waals surface area contributed by atoms with Crippen molar-refractivity contribution in [1.29, 1.82) is 0 Å². The highest BCUT2D eigenvalue weighted by molar-refractivity contribution is 6.06. The first-order valence-corrected chi connectivity index (χ1v) is 10.6. The molecule has 3 aromatic heterocycles. The fraction of sp³-hybridized carbons (Fsp3) is 0.208. The van der Waals surface area contributed by atoms with Gasteiger partial charge in [-0.15, -0.1) is 0 Å². The number of nitrogens with zero attached hydrogens (tertiary/aromatic N) is 4. The maximum Gasteiger partial charge on any atom is 0.433 e. The molecule has 4 heterocycles. The molecule has 1 fully saturated rings. The van der Waals surface area contributed by atoms with E-state index in [1.54, 1.807) is 12.1 Å². The van der Waals surface area contributed by atoms with Gasteiger partial charge in [0.15, 0.2) is 0 Å². The lowest BCUT2D eigenvalue weighted by molar-refractivity contribution is -0.141. The topological polar surface area (TPSA) is 83.3 Å². The van der Waals surface area contributed by atoms with E-state index in [0.717, 1.165) is 11.6 Å². The van der Waals surface area contributed by atoms with Gasteiger partial charge in [-0.1, -0.05) is 30.3 Å². The van der Waals surface area contributed by atoms with Crippen LogP contribution in [0.25, 0.3) is 11.0 Å². The van der Waals surface area contributed by atoms with Crippen LogP contribution in [-0.2, 0) is 12.7 Å². The number of pyridine rings is 2. The molecular weight excluding hydrogens is 447 g/mol. The molecule has 0 spiro atoms. The van der Waals surface area contributed by atoms with Crippen molar-refractivity contribution in [2.45, 2.75) is 18.8 Å². The van der Waals surface area contributed by atoms with Gasteiger partial charge in [-0.3, -0.25) is 4.79 Å². The van der Waals surface area contributed by atoms with Crippen LogP contribution in [0.5, 0.6) is 0 Å². The van der Waals surface area contributed by atoms with E-state index in [1.807, 2.05) is 35.2 Å². The second-order valence-electron chi connectivity index (χ2n) is 8.13. The number of carbonyl (C=O) groups is 1. The van der Waals surface area contributed by atoms with Crippen molar-refractivity contribution in [1.82, 2.24) is 14.5 Å². The number of benzene rings is 1. The van der Waals surface area contributed by atoms with Crippen LogP contribution in [0.4, 0.5) is 24.7 Å². The van der Waals surface area contributed by atoms with Crippen LogP contribution in [0.1, 0.15) is 21.7 Å². The number of amides is 1. The summed E-state index contributed by atoms with van der Waals surface area (Å²) in [6, 6.07) is 16.3. The summed E-state index contributed by atoms with van der Waals surface area (Å²) in [5.41, 5.74) is 0.496. The lowest BCUT2D eigenvalue weighted by atomic mass is 10.2. The van der Waals surface area contributed by atoms with E-state index >= 15 is 0 Å². The number of halogens is 3. The van der Waals surface area contributed by atoms with E-state index in [2.05, 4.69) is 15.3 Å². The van der Waals surface area contributed by atoms with E-state index in [0.29, 0.717) is 30.0 Å². The van der Waals surface area contributed by atoms with Crippen LogP contribution in [-0.4, -0.2) is 44.7 Å². The van der Waals surface area contributed by atoms with Crippen LogP contribution < -0.4 is 10.2 Å². The molecule has 0 saturated carbocycles. The van der Waals surface area contributed by atoms with Crippen LogP contribution in [0.2, 0.25) is 0 Å². The molecule has 174 valence electrons. The van der Waals surface area contributed by atoms with E-state index in [4.69, 9.17) is 0 Å². The fourth-order valence-electron chi connectivity index (χ4n) is 3.88. The molecule has 5 rings (SSSR count). The molecule has 0 unspecified atom stereocenters. The van der Waals surface area contributed by atoms with Crippen LogP contribution >= 0.6 is 0 Å². The smallest absolute Gasteiger partial charge is 0.389 e. The zero-order valence-corrected chi connectivity index (χ0v) is 17.8. The minimum atomic E-state index is -4.60. The Morgan fingerprint density at radius 1 is 1.09 bits per heavy atom. The summed E-state index contributed by atoms with van der Waals surface area (Å²) in [6.45, 7) is 1.19. The zero-order chi connectivity index (χ0) is 23.9. The van der Waals surface area contributed by atoms with Gasteiger partial charge in [0.05, 0.1) is 18.0 Å². The highest BCUT2D eigenvalue weighted by Gasteiger charge is 2.33. The molecule has 1 amide bonds. The first-order chi connectivity index (χ1) is 16.3. The SMILES string of the molecule is O=C(Nc1ccc(N2CC(O)C2)nc1)c1cc2ccc(C(F)(F)F)nc2n1Cc1ccccc1. The van der Waals surface area contributed by atoms with Crippen molar-refractivity contribution >= 4 is 28.4 Å². The number of β-amino-alcohol motifs (C(OH)–C–C–N with tert-alkyl or cyclic N) is 1. The molecule has 7 nitrogen and oxygen atoms in total. The molecule has 1 aliphatic heterocycles. The molecule has 34 heavy (non-hydrogen) atoms. The maximum atomic E-state index is 13.3. The largest absolute Gasteiger partial charge is 0.433 e. The monoisotopic (exact) mass is 467 g/mol. The maximum absolute atomic E-state index is 13.3. The zero-order valence-electron chi connectivity index (χ0n) is 17.8. The van der Waals surface area contributed by atoms with Crippen molar-refractivity contribution in [3.63, 3.8) is 0 Å². The van der Waals surface area contributed by atoms with Crippen molar-refractivity contribution in [2.75, 3.05) is 23.3 Å². The van der Waals surface area contributed by atoms with E-state index in [9.17, 15) is 23.1 Å². The molecule has 1 saturated heterocycles. The van der Waals surface area contributed by atoms with Gasteiger partial charge in [-0.25, -0.2) is 9.97 Å². The molecule has 0 aliphatic carbocycles. The number of hydrogen-bond donors (Lipinski definition) is 2. The van der Waals surface area contributed by atoms with E-state index < -0.39 is 17.8 Å². The Hall–Kier alpha value is -3.92. The van der Waals surface area contributed by atoms with Crippen molar-refractivity contribution in [2.24, 2.45) is 0 Å². The number of aliphatic hydroxyl groups is 1.